The molecule has 186 valence electrons. The van der Waals surface area contributed by atoms with Crippen molar-refractivity contribution in [2.45, 2.75) is 50.7 Å². The minimum Gasteiger partial charge on any atom is -0.494 e. The largest absolute Gasteiger partial charge is 0.494 e. The van der Waals surface area contributed by atoms with E-state index in [1.54, 1.807) is 0 Å². The van der Waals surface area contributed by atoms with Gasteiger partial charge in [0.15, 0.2) is 0 Å². The molecule has 0 spiro atoms. The zero-order valence-electron chi connectivity index (χ0n) is 19.0. The normalized spacial score (nSPS) is 18.7. The molecule has 0 radical (unpaired) electrons. The molecule has 1 N–H and O–H groups in total. The lowest BCUT2D eigenvalue weighted by Gasteiger charge is -2.28. The van der Waals surface area contributed by atoms with Crippen LogP contribution >= 0.6 is 11.8 Å². The molecule has 2 saturated heterocycles. The van der Waals surface area contributed by atoms with E-state index < -0.39 is 12.1 Å². The van der Waals surface area contributed by atoms with Crippen molar-refractivity contribution in [1.29, 1.82) is 0 Å². The highest BCUT2D eigenvalue weighted by atomic mass is 32.2. The maximum Gasteiger partial charge on any atom is 0.490 e. The molecule has 2 aliphatic rings. The number of alkyl halides is 3. The topological polar surface area (TPSA) is 70.1 Å². The fourth-order valence-electron chi connectivity index (χ4n) is 3.95. The van der Waals surface area contributed by atoms with Gasteiger partial charge in [0, 0.05) is 24.7 Å². The van der Waals surface area contributed by atoms with Crippen molar-refractivity contribution in [1.82, 2.24) is 9.80 Å². The van der Waals surface area contributed by atoms with Crippen molar-refractivity contribution >= 4 is 23.6 Å². The first kappa shape index (κ1) is 27.3. The smallest absolute Gasteiger partial charge is 0.490 e. The average molecular weight is 491 g/mol. The number of halogens is 3. The van der Waals surface area contributed by atoms with Crippen molar-refractivity contribution in [3.05, 3.63) is 29.8 Å². The molecule has 10 heteroatoms. The first-order valence-electron chi connectivity index (χ1n) is 11.3. The number of aliphatic carboxylic acids is 1. The lowest BCUT2D eigenvalue weighted by Crippen LogP contribution is -2.42. The van der Waals surface area contributed by atoms with Crippen LogP contribution in [-0.2, 0) is 4.79 Å². The van der Waals surface area contributed by atoms with E-state index in [0.29, 0.717) is 6.04 Å². The van der Waals surface area contributed by atoms with Crippen LogP contribution in [0.25, 0.3) is 0 Å². The number of carbonyl (C=O) groups is 2. The van der Waals surface area contributed by atoms with E-state index in [9.17, 15) is 18.0 Å². The molecule has 33 heavy (non-hydrogen) atoms. The third-order valence-electron chi connectivity index (χ3n) is 5.66. The zero-order valence-corrected chi connectivity index (χ0v) is 19.8. The maximum atomic E-state index is 12.9. The van der Waals surface area contributed by atoms with E-state index in [1.165, 1.54) is 38.1 Å². The second kappa shape index (κ2) is 13.7. The van der Waals surface area contributed by atoms with Gasteiger partial charge >= 0.3 is 12.1 Å². The SMILES string of the molecule is CSCCCCOc1ccc(C(=O)N2CCC[C@H]2CN2CCCC2)cc1.O=C(O)C(F)(F)F. The van der Waals surface area contributed by atoms with Crippen LogP contribution in [0.15, 0.2) is 24.3 Å². The number of hydrogen-bond donors (Lipinski definition) is 1. The molecule has 0 unspecified atom stereocenters. The molecule has 1 aromatic rings. The van der Waals surface area contributed by atoms with Crippen LogP contribution in [0.2, 0.25) is 0 Å². The van der Waals surface area contributed by atoms with E-state index in [2.05, 4.69) is 16.1 Å². The van der Waals surface area contributed by atoms with E-state index in [-0.39, 0.29) is 5.91 Å². The number of ether oxygens (including phenoxy) is 1. The van der Waals surface area contributed by atoms with Crippen LogP contribution in [0.1, 0.15) is 48.9 Å². The van der Waals surface area contributed by atoms with Gasteiger partial charge in [0.05, 0.1) is 6.61 Å². The summed E-state index contributed by atoms with van der Waals surface area (Å²) >= 11 is 1.87. The van der Waals surface area contributed by atoms with Gasteiger partial charge in [0.1, 0.15) is 5.75 Å². The predicted octanol–water partition coefficient (Wildman–Crippen LogP) is 4.54. The standard InChI is InChI=1S/C21H32N2O2S.C2HF3O2/c1-26-16-5-4-15-25-20-10-8-18(9-11-20)21(24)23-14-6-7-19(23)17-22-12-2-3-13-22;3-2(4,5)1(6)7/h8-11,19H,2-7,12-17H2,1H3;(H,6,7)/t19-;/m0./s1. The van der Waals surface area contributed by atoms with E-state index in [0.717, 1.165) is 50.3 Å². The summed E-state index contributed by atoms with van der Waals surface area (Å²) in [6.45, 7) is 5.08. The second-order valence-corrected chi connectivity index (χ2v) is 9.16. The number of benzene rings is 1. The van der Waals surface area contributed by atoms with Crippen LogP contribution in [-0.4, -0.2) is 83.8 Å². The highest BCUT2D eigenvalue weighted by Gasteiger charge is 2.38. The molecule has 1 aromatic carbocycles. The van der Waals surface area contributed by atoms with Gasteiger partial charge in [-0.05, 0) is 87.9 Å². The molecule has 2 fully saturated rings. The number of amides is 1. The Morgan fingerprint density at radius 3 is 2.30 bits per heavy atom. The highest BCUT2D eigenvalue weighted by Crippen LogP contribution is 2.23. The number of carboxylic acid groups (broad SMARTS) is 1. The second-order valence-electron chi connectivity index (χ2n) is 8.18. The fourth-order valence-corrected chi connectivity index (χ4v) is 4.45. The van der Waals surface area contributed by atoms with Gasteiger partial charge in [-0.3, -0.25) is 4.79 Å². The van der Waals surface area contributed by atoms with E-state index in [1.807, 2.05) is 36.0 Å². The summed E-state index contributed by atoms with van der Waals surface area (Å²) in [7, 11) is 0. The molecule has 1 amide bonds. The maximum absolute atomic E-state index is 12.9. The molecular formula is C23H33F3N2O4S. The number of thioether (sulfide) groups is 1. The Morgan fingerprint density at radius 1 is 1.09 bits per heavy atom. The number of carbonyl (C=O) groups excluding carboxylic acids is 1. The predicted molar refractivity (Wildman–Crippen MR) is 123 cm³/mol. The van der Waals surface area contributed by atoms with E-state index in [4.69, 9.17) is 14.6 Å². The van der Waals surface area contributed by atoms with Crippen molar-refractivity contribution < 1.29 is 32.6 Å². The van der Waals surface area contributed by atoms with Gasteiger partial charge in [-0.1, -0.05) is 0 Å². The monoisotopic (exact) mass is 490 g/mol. The van der Waals surface area contributed by atoms with Crippen molar-refractivity contribution in [2.24, 2.45) is 0 Å². The molecule has 0 aliphatic carbocycles. The minimum absolute atomic E-state index is 0.179. The van der Waals surface area contributed by atoms with Gasteiger partial charge in [-0.2, -0.15) is 24.9 Å². The third-order valence-corrected chi connectivity index (χ3v) is 6.36. The van der Waals surface area contributed by atoms with Gasteiger partial charge in [0.25, 0.3) is 5.91 Å². The molecular weight excluding hydrogens is 457 g/mol. The third kappa shape index (κ3) is 9.44. The lowest BCUT2D eigenvalue weighted by atomic mass is 10.1. The molecule has 0 aromatic heterocycles. The number of hydrogen-bond acceptors (Lipinski definition) is 5. The Balaban J connectivity index is 0.000000479. The number of likely N-dealkylation sites (tertiary alicyclic amines) is 2. The highest BCUT2D eigenvalue weighted by molar-refractivity contribution is 7.98. The average Bonchev–Trinajstić information content (AvgIpc) is 3.46. The van der Waals surface area contributed by atoms with Crippen molar-refractivity contribution in [3.8, 4) is 5.75 Å². The molecule has 2 heterocycles. The summed E-state index contributed by atoms with van der Waals surface area (Å²) in [5.41, 5.74) is 0.785. The van der Waals surface area contributed by atoms with Crippen LogP contribution in [0, 0.1) is 0 Å². The number of nitrogens with zero attached hydrogens (tertiary/aromatic N) is 2. The van der Waals surface area contributed by atoms with Crippen molar-refractivity contribution in [3.63, 3.8) is 0 Å². The van der Waals surface area contributed by atoms with Gasteiger partial charge in [-0.15, -0.1) is 0 Å². The van der Waals surface area contributed by atoms with Crippen LogP contribution in [0.5, 0.6) is 5.75 Å². The number of unbranched alkanes of at least 4 members (excludes halogenated alkanes) is 1. The number of rotatable bonds is 9. The Hall–Kier alpha value is -1.94. The Morgan fingerprint density at radius 2 is 1.73 bits per heavy atom. The minimum atomic E-state index is -5.08. The fraction of sp³-hybridized carbons (Fsp3) is 0.652. The summed E-state index contributed by atoms with van der Waals surface area (Å²) < 4.78 is 37.5. The van der Waals surface area contributed by atoms with Crippen LogP contribution < -0.4 is 4.74 Å². The Bertz CT molecular complexity index is 740. The summed E-state index contributed by atoms with van der Waals surface area (Å²) in [4.78, 5) is 26.4. The zero-order chi connectivity index (χ0) is 24.3. The summed E-state index contributed by atoms with van der Waals surface area (Å²) in [5.74, 6) is -0.530. The number of carboxylic acids is 1. The molecule has 0 saturated carbocycles. The van der Waals surface area contributed by atoms with Crippen molar-refractivity contribution in [2.75, 3.05) is 44.8 Å². The quantitative estimate of drug-likeness (QED) is 0.513. The first-order chi connectivity index (χ1) is 15.7. The Kier molecular flexibility index (Phi) is 11.3. The van der Waals surface area contributed by atoms with Crippen LogP contribution in [0.3, 0.4) is 0 Å². The Labute approximate surface area is 197 Å². The van der Waals surface area contributed by atoms with Crippen LogP contribution in [0.4, 0.5) is 13.2 Å². The molecule has 2 aliphatic heterocycles. The van der Waals surface area contributed by atoms with Gasteiger partial charge in [-0.25, -0.2) is 4.79 Å². The summed E-state index contributed by atoms with van der Waals surface area (Å²) in [6, 6.07) is 8.10. The van der Waals surface area contributed by atoms with Gasteiger partial charge < -0.3 is 19.6 Å². The molecule has 6 nitrogen and oxygen atoms in total. The van der Waals surface area contributed by atoms with E-state index >= 15 is 0 Å². The lowest BCUT2D eigenvalue weighted by molar-refractivity contribution is -0.192. The molecule has 3 rings (SSSR count). The summed E-state index contributed by atoms with van der Waals surface area (Å²) in [5, 5.41) is 7.12. The first-order valence-corrected chi connectivity index (χ1v) is 12.7. The molecule has 0 bridgehead atoms. The molecule has 1 atom stereocenters. The van der Waals surface area contributed by atoms with Gasteiger partial charge in [0.2, 0.25) is 0 Å². The summed E-state index contributed by atoms with van der Waals surface area (Å²) in [6.07, 6.45) is 4.19.